The van der Waals surface area contributed by atoms with Crippen molar-refractivity contribution in [2.75, 3.05) is 27.2 Å². The fourth-order valence-electron chi connectivity index (χ4n) is 2.74. The van der Waals surface area contributed by atoms with Gasteiger partial charge in [-0.05, 0) is 31.9 Å². The largest absolute Gasteiger partial charge is 0.486 e. The highest BCUT2D eigenvalue weighted by Gasteiger charge is 2.17. The van der Waals surface area contributed by atoms with E-state index in [2.05, 4.69) is 15.6 Å². The molecule has 0 aromatic heterocycles. The first kappa shape index (κ1) is 20.0. The number of rotatable bonds is 7. The minimum Gasteiger partial charge on any atom is -0.486 e. The highest BCUT2D eigenvalue weighted by atomic mass is 19.1. The van der Waals surface area contributed by atoms with E-state index in [1.807, 2.05) is 6.92 Å². The van der Waals surface area contributed by atoms with Crippen LogP contribution >= 0.6 is 0 Å². The van der Waals surface area contributed by atoms with E-state index in [4.69, 9.17) is 4.74 Å². The quantitative estimate of drug-likeness (QED) is 0.575. The molecule has 1 saturated carbocycles. The second kappa shape index (κ2) is 9.99. The van der Waals surface area contributed by atoms with Gasteiger partial charge in [-0.15, -0.1) is 0 Å². The Balaban J connectivity index is 1.90. The molecule has 0 bridgehead atoms. The Hall–Kier alpha value is -2.31. The first-order chi connectivity index (χ1) is 12.5. The zero-order valence-electron chi connectivity index (χ0n) is 15.8. The molecule has 2 rings (SSSR count). The minimum absolute atomic E-state index is 0.0619. The van der Waals surface area contributed by atoms with Crippen molar-refractivity contribution in [3.8, 4) is 5.75 Å². The number of nitrogens with zero attached hydrogens (tertiary/aromatic N) is 2. The van der Waals surface area contributed by atoms with Crippen molar-refractivity contribution in [1.82, 2.24) is 15.5 Å². The number of amides is 1. The predicted octanol–water partition coefficient (Wildman–Crippen LogP) is 2.16. The summed E-state index contributed by atoms with van der Waals surface area (Å²) in [6, 6.07) is 6.71. The SMILES string of the molecule is CC(CNC(=NCC(=O)N(C)C)NC1CCCC1)Oc1ccccc1F. The first-order valence-corrected chi connectivity index (χ1v) is 9.12. The molecule has 26 heavy (non-hydrogen) atoms. The molecule has 1 aliphatic rings. The number of halogens is 1. The molecular formula is C19H29FN4O2. The van der Waals surface area contributed by atoms with Gasteiger partial charge in [-0.3, -0.25) is 4.79 Å². The summed E-state index contributed by atoms with van der Waals surface area (Å²) in [4.78, 5) is 17.7. The third-order valence-corrected chi connectivity index (χ3v) is 4.29. The second-order valence-corrected chi connectivity index (χ2v) is 6.82. The Morgan fingerprint density at radius 2 is 2.04 bits per heavy atom. The molecule has 1 amide bonds. The first-order valence-electron chi connectivity index (χ1n) is 9.12. The molecule has 0 heterocycles. The van der Waals surface area contributed by atoms with Crippen molar-refractivity contribution in [3.05, 3.63) is 30.1 Å². The van der Waals surface area contributed by atoms with Crippen molar-refractivity contribution in [2.24, 2.45) is 4.99 Å². The third-order valence-electron chi connectivity index (χ3n) is 4.29. The Labute approximate surface area is 154 Å². The van der Waals surface area contributed by atoms with Gasteiger partial charge >= 0.3 is 0 Å². The van der Waals surface area contributed by atoms with Crippen molar-refractivity contribution in [2.45, 2.75) is 44.8 Å². The van der Waals surface area contributed by atoms with Crippen LogP contribution < -0.4 is 15.4 Å². The van der Waals surface area contributed by atoms with Crippen LogP contribution in [0.3, 0.4) is 0 Å². The maximum atomic E-state index is 13.7. The maximum absolute atomic E-state index is 13.7. The lowest BCUT2D eigenvalue weighted by atomic mass is 10.2. The van der Waals surface area contributed by atoms with Crippen molar-refractivity contribution < 1.29 is 13.9 Å². The van der Waals surface area contributed by atoms with Gasteiger partial charge in [0.2, 0.25) is 5.91 Å². The van der Waals surface area contributed by atoms with E-state index < -0.39 is 0 Å². The summed E-state index contributed by atoms with van der Waals surface area (Å²) >= 11 is 0. The molecule has 1 unspecified atom stereocenters. The van der Waals surface area contributed by atoms with Gasteiger partial charge in [-0.1, -0.05) is 25.0 Å². The van der Waals surface area contributed by atoms with Gasteiger partial charge in [0.15, 0.2) is 17.5 Å². The third kappa shape index (κ3) is 6.54. The van der Waals surface area contributed by atoms with Crippen LogP contribution in [0, 0.1) is 5.82 Å². The topological polar surface area (TPSA) is 66.0 Å². The average Bonchev–Trinajstić information content (AvgIpc) is 3.12. The molecule has 144 valence electrons. The number of para-hydroxylation sites is 1. The number of aliphatic imine (C=N–C) groups is 1. The molecule has 1 aliphatic carbocycles. The van der Waals surface area contributed by atoms with E-state index in [0.29, 0.717) is 18.5 Å². The van der Waals surface area contributed by atoms with Gasteiger partial charge in [-0.25, -0.2) is 9.38 Å². The zero-order valence-corrected chi connectivity index (χ0v) is 15.8. The lowest BCUT2D eigenvalue weighted by Gasteiger charge is -2.21. The molecule has 0 saturated heterocycles. The van der Waals surface area contributed by atoms with Gasteiger partial charge in [0.05, 0.1) is 6.54 Å². The van der Waals surface area contributed by atoms with Crippen LogP contribution in [0.5, 0.6) is 5.75 Å². The molecular weight excluding hydrogens is 335 g/mol. The standard InChI is InChI=1S/C19H29FN4O2/c1-14(26-17-11-7-6-10-16(17)20)12-21-19(22-13-18(25)24(2)3)23-15-8-4-5-9-15/h6-7,10-11,14-15H,4-5,8-9,12-13H2,1-3H3,(H2,21,22,23). The molecule has 1 aromatic rings. The smallest absolute Gasteiger partial charge is 0.243 e. The molecule has 7 heteroatoms. The van der Waals surface area contributed by atoms with Crippen LogP contribution in [0.2, 0.25) is 0 Å². The number of ether oxygens (including phenoxy) is 1. The summed E-state index contributed by atoms with van der Waals surface area (Å²) in [5.41, 5.74) is 0. The summed E-state index contributed by atoms with van der Waals surface area (Å²) < 4.78 is 19.3. The van der Waals surface area contributed by atoms with Gasteiger partial charge in [0.25, 0.3) is 0 Å². The van der Waals surface area contributed by atoms with Crippen LogP contribution in [0.4, 0.5) is 4.39 Å². The molecule has 0 spiro atoms. The fraction of sp³-hybridized carbons (Fsp3) is 0.579. The van der Waals surface area contributed by atoms with E-state index in [-0.39, 0.29) is 30.1 Å². The number of guanidine groups is 1. The molecule has 6 nitrogen and oxygen atoms in total. The zero-order chi connectivity index (χ0) is 18.9. The molecule has 0 radical (unpaired) electrons. The van der Waals surface area contributed by atoms with E-state index in [1.54, 1.807) is 32.3 Å². The number of hydrogen-bond donors (Lipinski definition) is 2. The summed E-state index contributed by atoms with van der Waals surface area (Å²) in [5.74, 6) is 0.380. The molecule has 2 N–H and O–H groups in total. The van der Waals surface area contributed by atoms with Crippen molar-refractivity contribution >= 4 is 11.9 Å². The fourth-order valence-corrected chi connectivity index (χ4v) is 2.74. The summed E-state index contributed by atoms with van der Waals surface area (Å²) in [5, 5.41) is 6.58. The van der Waals surface area contributed by atoms with Gasteiger partial charge in [-0.2, -0.15) is 0 Å². The number of carbonyl (C=O) groups is 1. The Morgan fingerprint density at radius 3 is 2.69 bits per heavy atom. The molecule has 1 aromatic carbocycles. The highest BCUT2D eigenvalue weighted by Crippen LogP contribution is 2.18. The number of hydrogen-bond acceptors (Lipinski definition) is 3. The van der Waals surface area contributed by atoms with Crippen molar-refractivity contribution in [3.63, 3.8) is 0 Å². The van der Waals surface area contributed by atoms with E-state index in [9.17, 15) is 9.18 Å². The van der Waals surface area contributed by atoms with Crippen LogP contribution in [0.15, 0.2) is 29.3 Å². The lowest BCUT2D eigenvalue weighted by Crippen LogP contribution is -2.46. The summed E-state index contributed by atoms with van der Waals surface area (Å²) in [6.07, 6.45) is 4.35. The maximum Gasteiger partial charge on any atom is 0.243 e. The number of benzene rings is 1. The highest BCUT2D eigenvalue weighted by molar-refractivity contribution is 5.84. The molecule has 1 atom stereocenters. The van der Waals surface area contributed by atoms with Gasteiger partial charge in [0.1, 0.15) is 12.6 Å². The number of carbonyl (C=O) groups excluding carboxylic acids is 1. The molecule has 0 aliphatic heterocycles. The monoisotopic (exact) mass is 364 g/mol. The second-order valence-electron chi connectivity index (χ2n) is 6.82. The van der Waals surface area contributed by atoms with Crippen molar-refractivity contribution in [1.29, 1.82) is 0 Å². The van der Waals surface area contributed by atoms with E-state index >= 15 is 0 Å². The van der Waals surface area contributed by atoms with Crippen LogP contribution in [-0.2, 0) is 4.79 Å². The van der Waals surface area contributed by atoms with E-state index in [0.717, 1.165) is 12.8 Å². The molecule has 1 fully saturated rings. The van der Waals surface area contributed by atoms with Crippen LogP contribution in [0.1, 0.15) is 32.6 Å². The van der Waals surface area contributed by atoms with Gasteiger partial charge in [0, 0.05) is 20.1 Å². The predicted molar refractivity (Wildman–Crippen MR) is 101 cm³/mol. The number of likely N-dealkylation sites (N-methyl/N-ethyl adjacent to an activating group) is 1. The summed E-state index contributed by atoms with van der Waals surface area (Å²) in [6.45, 7) is 2.39. The van der Waals surface area contributed by atoms with Crippen LogP contribution in [-0.4, -0.2) is 56.1 Å². The Bertz CT molecular complexity index is 615. The summed E-state index contributed by atoms with van der Waals surface area (Å²) in [7, 11) is 3.42. The Morgan fingerprint density at radius 1 is 1.35 bits per heavy atom. The number of nitrogens with one attached hydrogen (secondary N) is 2. The Kier molecular flexibility index (Phi) is 7.69. The van der Waals surface area contributed by atoms with Gasteiger partial charge < -0.3 is 20.3 Å². The van der Waals surface area contributed by atoms with Crippen LogP contribution in [0.25, 0.3) is 0 Å². The average molecular weight is 364 g/mol. The lowest BCUT2D eigenvalue weighted by molar-refractivity contribution is -0.127. The minimum atomic E-state index is -0.381. The van der Waals surface area contributed by atoms with E-state index in [1.165, 1.54) is 23.8 Å². The normalized spacial score (nSPS) is 16.2.